The van der Waals surface area contributed by atoms with E-state index in [-0.39, 0.29) is 5.91 Å². The molecule has 1 aromatic heterocycles. The third-order valence-electron chi connectivity index (χ3n) is 6.24. The van der Waals surface area contributed by atoms with Gasteiger partial charge in [-0.1, -0.05) is 11.6 Å². The van der Waals surface area contributed by atoms with Crippen molar-refractivity contribution in [2.75, 3.05) is 31.6 Å². The number of ether oxygens (including phenoxy) is 1. The van der Waals surface area contributed by atoms with Crippen molar-refractivity contribution in [1.82, 2.24) is 9.88 Å². The predicted molar refractivity (Wildman–Crippen MR) is 107 cm³/mol. The maximum Gasteiger partial charge on any atom is 0.231 e. The first-order valence-corrected chi connectivity index (χ1v) is 10.3. The summed E-state index contributed by atoms with van der Waals surface area (Å²) in [6.45, 7) is 3.84. The molecule has 1 aliphatic carbocycles. The fourth-order valence-corrected chi connectivity index (χ4v) is 4.55. The first-order valence-electron chi connectivity index (χ1n) is 9.94. The lowest BCUT2D eigenvalue weighted by Crippen LogP contribution is -2.51. The lowest BCUT2D eigenvalue weighted by Gasteiger charge is -2.41. The first kappa shape index (κ1) is 18.3. The number of carbonyl (C=O) groups excluding carboxylic acids is 1. The lowest BCUT2D eigenvalue weighted by molar-refractivity contribution is -0.117. The van der Waals surface area contributed by atoms with Gasteiger partial charge in [0.05, 0.1) is 25.2 Å². The molecule has 1 unspecified atom stereocenters. The van der Waals surface area contributed by atoms with E-state index in [9.17, 15) is 9.18 Å². The van der Waals surface area contributed by atoms with Crippen LogP contribution in [0, 0.1) is 5.92 Å². The van der Waals surface area contributed by atoms with Crippen LogP contribution >= 0.6 is 11.6 Å². The Morgan fingerprint density at radius 3 is 2.61 bits per heavy atom. The van der Waals surface area contributed by atoms with Crippen LogP contribution in [0.15, 0.2) is 24.4 Å². The Kier molecular flexibility index (Phi) is 4.73. The van der Waals surface area contributed by atoms with Crippen molar-refractivity contribution in [3.63, 3.8) is 0 Å². The highest BCUT2D eigenvalue weighted by Gasteiger charge is 2.43. The van der Waals surface area contributed by atoms with E-state index in [1.807, 2.05) is 12.1 Å². The molecule has 0 radical (unpaired) electrons. The zero-order valence-electron chi connectivity index (χ0n) is 15.5. The zero-order chi connectivity index (χ0) is 19.3. The Labute approximate surface area is 168 Å². The summed E-state index contributed by atoms with van der Waals surface area (Å²) in [5, 5.41) is 5.43. The minimum Gasteiger partial charge on any atom is -0.378 e. The van der Waals surface area contributed by atoms with Crippen LogP contribution in [0.2, 0.25) is 5.02 Å². The number of amides is 1. The van der Waals surface area contributed by atoms with E-state index in [2.05, 4.69) is 21.3 Å². The molecule has 1 aromatic carbocycles. The fourth-order valence-electron chi connectivity index (χ4n) is 4.23. The van der Waals surface area contributed by atoms with Gasteiger partial charge in [0.15, 0.2) is 0 Å². The average molecular weight is 404 g/mol. The van der Waals surface area contributed by atoms with E-state index in [1.54, 1.807) is 6.20 Å². The molecule has 0 spiro atoms. The zero-order valence-corrected chi connectivity index (χ0v) is 16.3. The van der Waals surface area contributed by atoms with E-state index in [1.165, 1.54) is 0 Å². The SMILES string of the molecule is O=C(Nc1cc2cc(C3CCN(C4COC4)CC3)c(Cl)cc2cn1)[C@@H]1CC1F. The molecule has 2 aromatic rings. The monoisotopic (exact) mass is 403 g/mol. The Morgan fingerprint density at radius 2 is 1.96 bits per heavy atom. The number of hydrogen-bond acceptors (Lipinski definition) is 4. The lowest BCUT2D eigenvalue weighted by atomic mass is 9.87. The van der Waals surface area contributed by atoms with Gasteiger partial charge in [-0.05, 0) is 67.4 Å². The van der Waals surface area contributed by atoms with E-state index in [0.717, 1.165) is 60.5 Å². The van der Waals surface area contributed by atoms with Crippen molar-refractivity contribution >= 4 is 34.1 Å². The van der Waals surface area contributed by atoms with Crippen LogP contribution < -0.4 is 5.32 Å². The minimum atomic E-state index is -1.01. The van der Waals surface area contributed by atoms with Gasteiger partial charge in [0.2, 0.25) is 5.91 Å². The van der Waals surface area contributed by atoms with Crippen LogP contribution in [0.3, 0.4) is 0 Å². The highest BCUT2D eigenvalue weighted by atomic mass is 35.5. The summed E-state index contributed by atoms with van der Waals surface area (Å²) < 4.78 is 18.4. The number of pyridine rings is 1. The third kappa shape index (κ3) is 3.49. The number of fused-ring (bicyclic) bond motifs is 1. The number of likely N-dealkylation sites (tertiary alicyclic amines) is 1. The van der Waals surface area contributed by atoms with Crippen LogP contribution in [0.5, 0.6) is 0 Å². The van der Waals surface area contributed by atoms with Crippen LogP contribution in [0.25, 0.3) is 10.8 Å². The summed E-state index contributed by atoms with van der Waals surface area (Å²) in [5.74, 6) is 0.0780. The molecule has 5 nitrogen and oxygen atoms in total. The standard InChI is InChI=1S/C21H23ClFN3O2/c22-18-6-14-9-24-20(25-21(27)17-8-19(17)23)7-13(14)5-16(18)12-1-3-26(4-2-12)15-10-28-11-15/h5-7,9,12,15,17,19H,1-4,8,10-11H2,(H,24,25,27)/t17-,19?/m1/s1. The van der Waals surface area contributed by atoms with Crippen molar-refractivity contribution in [3.05, 3.63) is 35.0 Å². The van der Waals surface area contributed by atoms with Crippen molar-refractivity contribution < 1.29 is 13.9 Å². The van der Waals surface area contributed by atoms with Crippen molar-refractivity contribution in [3.8, 4) is 0 Å². The van der Waals surface area contributed by atoms with Crippen LogP contribution in [-0.2, 0) is 9.53 Å². The number of benzene rings is 1. The molecule has 0 bridgehead atoms. The molecule has 1 amide bonds. The summed E-state index contributed by atoms with van der Waals surface area (Å²) in [4.78, 5) is 18.8. The van der Waals surface area contributed by atoms with Gasteiger partial charge in [-0.25, -0.2) is 9.37 Å². The highest BCUT2D eigenvalue weighted by Crippen LogP contribution is 2.37. The summed E-state index contributed by atoms with van der Waals surface area (Å²) in [6.07, 6.45) is 3.17. The summed E-state index contributed by atoms with van der Waals surface area (Å²) in [5.41, 5.74) is 1.16. The maximum atomic E-state index is 13.1. The molecule has 3 heterocycles. The molecule has 7 heteroatoms. The number of nitrogens with one attached hydrogen (secondary N) is 1. The second kappa shape index (κ2) is 7.25. The summed E-state index contributed by atoms with van der Waals surface area (Å²) in [6, 6.07) is 6.51. The van der Waals surface area contributed by atoms with Crippen LogP contribution in [0.1, 0.15) is 30.7 Å². The molecular formula is C21H23ClFN3O2. The van der Waals surface area contributed by atoms with Gasteiger partial charge < -0.3 is 10.1 Å². The summed E-state index contributed by atoms with van der Waals surface area (Å²) in [7, 11) is 0. The number of piperidine rings is 1. The number of nitrogens with zero attached hydrogens (tertiary/aromatic N) is 2. The Bertz CT molecular complexity index is 912. The molecule has 3 fully saturated rings. The van der Waals surface area contributed by atoms with Gasteiger partial charge >= 0.3 is 0 Å². The Balaban J connectivity index is 1.34. The molecule has 1 N–H and O–H groups in total. The molecule has 148 valence electrons. The molecule has 28 heavy (non-hydrogen) atoms. The molecular weight excluding hydrogens is 381 g/mol. The second-order valence-corrected chi connectivity index (χ2v) is 8.55. The van der Waals surface area contributed by atoms with Gasteiger partial charge in [-0.3, -0.25) is 9.69 Å². The number of anilines is 1. The number of halogens is 2. The normalized spacial score (nSPS) is 26.2. The first-order chi connectivity index (χ1) is 13.6. The Morgan fingerprint density at radius 1 is 1.21 bits per heavy atom. The molecule has 2 atom stereocenters. The largest absolute Gasteiger partial charge is 0.378 e. The average Bonchev–Trinajstić information content (AvgIpc) is 3.38. The van der Waals surface area contributed by atoms with Crippen molar-refractivity contribution in [2.45, 2.75) is 37.4 Å². The van der Waals surface area contributed by atoms with Gasteiger partial charge in [-0.15, -0.1) is 0 Å². The number of carbonyl (C=O) groups is 1. The van der Waals surface area contributed by atoms with E-state index in [0.29, 0.717) is 24.2 Å². The van der Waals surface area contributed by atoms with Crippen LogP contribution in [-0.4, -0.2) is 54.3 Å². The van der Waals surface area contributed by atoms with E-state index < -0.39 is 12.1 Å². The molecule has 5 rings (SSSR count). The topological polar surface area (TPSA) is 54.5 Å². The molecule has 2 aliphatic heterocycles. The quantitative estimate of drug-likeness (QED) is 0.844. The van der Waals surface area contributed by atoms with Crippen LogP contribution in [0.4, 0.5) is 10.2 Å². The summed E-state index contributed by atoms with van der Waals surface area (Å²) >= 11 is 6.59. The minimum absolute atomic E-state index is 0.291. The number of alkyl halides is 1. The third-order valence-corrected chi connectivity index (χ3v) is 6.57. The maximum absolute atomic E-state index is 13.1. The molecule has 2 saturated heterocycles. The number of hydrogen-bond donors (Lipinski definition) is 1. The van der Waals surface area contributed by atoms with E-state index >= 15 is 0 Å². The molecule has 3 aliphatic rings. The van der Waals surface area contributed by atoms with Crippen molar-refractivity contribution in [2.24, 2.45) is 5.92 Å². The fraction of sp³-hybridized carbons (Fsp3) is 0.524. The van der Waals surface area contributed by atoms with Gasteiger partial charge in [-0.2, -0.15) is 0 Å². The Hall–Kier alpha value is -1.76. The smallest absolute Gasteiger partial charge is 0.231 e. The second-order valence-electron chi connectivity index (χ2n) is 8.14. The van der Waals surface area contributed by atoms with E-state index in [4.69, 9.17) is 16.3 Å². The molecule has 1 saturated carbocycles. The van der Waals surface area contributed by atoms with Crippen molar-refractivity contribution in [1.29, 1.82) is 0 Å². The van der Waals surface area contributed by atoms with Gasteiger partial charge in [0.1, 0.15) is 12.0 Å². The number of rotatable bonds is 4. The highest BCUT2D eigenvalue weighted by molar-refractivity contribution is 6.32. The predicted octanol–water partition coefficient (Wildman–Crippen LogP) is 3.76. The van der Waals surface area contributed by atoms with Gasteiger partial charge in [0.25, 0.3) is 0 Å². The van der Waals surface area contributed by atoms with Gasteiger partial charge in [0, 0.05) is 16.6 Å². The number of aromatic nitrogens is 1.